The molecule has 0 saturated heterocycles. The molecule has 0 aromatic heterocycles. The van der Waals surface area contributed by atoms with Gasteiger partial charge < -0.3 is 34.9 Å². The molecule has 1 fully saturated rings. The second-order valence-corrected chi connectivity index (χ2v) is 11.7. The summed E-state index contributed by atoms with van der Waals surface area (Å²) in [5.74, 6) is 1.75. The zero-order chi connectivity index (χ0) is 28.9. The van der Waals surface area contributed by atoms with E-state index < -0.39 is 0 Å². The first-order valence-electron chi connectivity index (χ1n) is 14.7. The number of fused-ring (bicyclic) bond motifs is 2. The normalized spacial score (nSPS) is 21.5. The molecule has 2 aliphatic heterocycles. The molecule has 222 valence electrons. The summed E-state index contributed by atoms with van der Waals surface area (Å²) in [7, 11) is 2.04. The number of nitrogens with zero attached hydrogens (tertiary/aromatic N) is 2. The first kappa shape index (κ1) is 29.0. The molecule has 10 heteroatoms. The molecule has 2 aromatic rings. The number of aliphatic hydroxyl groups excluding tert-OH is 1. The van der Waals surface area contributed by atoms with Gasteiger partial charge in [-0.05, 0) is 62.7 Å². The van der Waals surface area contributed by atoms with Crippen molar-refractivity contribution in [1.82, 2.24) is 15.1 Å². The fraction of sp³-hybridized carbons (Fsp3) is 0.548. The highest BCUT2D eigenvalue weighted by Crippen LogP contribution is 2.34. The number of nitrogens with one attached hydrogen (secondary N) is 2. The molecule has 5 rings (SSSR count). The summed E-state index contributed by atoms with van der Waals surface area (Å²) in [6.45, 7) is 5.74. The third-order valence-electron chi connectivity index (χ3n) is 8.24. The van der Waals surface area contributed by atoms with Crippen molar-refractivity contribution in [2.75, 3.05) is 38.9 Å². The van der Waals surface area contributed by atoms with Gasteiger partial charge >= 0.3 is 6.03 Å². The van der Waals surface area contributed by atoms with Gasteiger partial charge in [-0.25, -0.2) is 4.79 Å². The van der Waals surface area contributed by atoms with E-state index in [1.54, 1.807) is 23.1 Å². The lowest BCUT2D eigenvalue weighted by Crippen LogP contribution is -2.49. The average Bonchev–Trinajstić information content (AvgIpc) is 3.43. The maximum Gasteiger partial charge on any atom is 0.319 e. The molecule has 0 spiro atoms. The maximum absolute atomic E-state index is 13.7. The Morgan fingerprint density at radius 3 is 2.63 bits per heavy atom. The van der Waals surface area contributed by atoms with E-state index in [-0.39, 0.29) is 49.4 Å². The largest absolute Gasteiger partial charge is 0.488 e. The molecule has 1 saturated carbocycles. The van der Waals surface area contributed by atoms with Crippen molar-refractivity contribution in [2.24, 2.45) is 5.92 Å². The van der Waals surface area contributed by atoms with Crippen LogP contribution < -0.4 is 24.8 Å². The number of ether oxygens (including phenoxy) is 3. The highest BCUT2D eigenvalue weighted by Gasteiger charge is 2.33. The Kier molecular flexibility index (Phi) is 9.19. The van der Waals surface area contributed by atoms with E-state index in [9.17, 15) is 14.7 Å². The third-order valence-corrected chi connectivity index (χ3v) is 8.24. The zero-order valence-electron chi connectivity index (χ0n) is 24.2. The Morgan fingerprint density at radius 1 is 1.10 bits per heavy atom. The number of hydrogen-bond acceptors (Lipinski definition) is 7. The number of benzene rings is 2. The summed E-state index contributed by atoms with van der Waals surface area (Å²) < 4.78 is 17.5. The molecule has 0 radical (unpaired) electrons. The molecule has 2 heterocycles. The smallest absolute Gasteiger partial charge is 0.319 e. The minimum absolute atomic E-state index is 0.000577. The van der Waals surface area contributed by atoms with E-state index in [0.717, 1.165) is 42.7 Å². The predicted molar refractivity (Wildman–Crippen MR) is 156 cm³/mol. The van der Waals surface area contributed by atoms with Gasteiger partial charge in [0.25, 0.3) is 5.91 Å². The fourth-order valence-electron chi connectivity index (χ4n) is 5.84. The Hall–Kier alpha value is -3.50. The summed E-state index contributed by atoms with van der Waals surface area (Å²) in [6.07, 6.45) is 5.22. The monoisotopic (exact) mass is 566 g/mol. The van der Waals surface area contributed by atoms with Crippen LogP contribution in [0.3, 0.4) is 0 Å². The SMILES string of the molecule is C[C@@H]1CN([C@H](C)CO)C(=O)c2cc(NC(=O)NC3CCCCC3)ccc2O[C@@H]1CN(C)Cc1ccc2c(c1)OCO2. The van der Waals surface area contributed by atoms with E-state index in [0.29, 0.717) is 36.6 Å². The molecule has 10 nitrogen and oxygen atoms in total. The van der Waals surface area contributed by atoms with E-state index >= 15 is 0 Å². The number of rotatable bonds is 8. The second-order valence-electron chi connectivity index (χ2n) is 11.7. The van der Waals surface area contributed by atoms with Gasteiger partial charge in [0, 0.05) is 37.3 Å². The van der Waals surface area contributed by atoms with Gasteiger partial charge in [0.2, 0.25) is 6.79 Å². The van der Waals surface area contributed by atoms with Gasteiger partial charge in [0.15, 0.2) is 11.5 Å². The predicted octanol–water partition coefficient (Wildman–Crippen LogP) is 4.22. The molecule has 41 heavy (non-hydrogen) atoms. The molecule has 2 aromatic carbocycles. The number of hydrogen-bond donors (Lipinski definition) is 3. The Labute approximate surface area is 241 Å². The molecule has 3 atom stereocenters. The van der Waals surface area contributed by atoms with E-state index in [2.05, 4.69) is 22.5 Å². The van der Waals surface area contributed by atoms with Crippen LogP contribution in [-0.2, 0) is 6.54 Å². The van der Waals surface area contributed by atoms with Gasteiger partial charge in [0.1, 0.15) is 11.9 Å². The van der Waals surface area contributed by atoms with Crippen LogP contribution in [0.5, 0.6) is 17.2 Å². The Bertz CT molecular complexity index is 1230. The number of aliphatic hydroxyl groups is 1. The summed E-state index contributed by atoms with van der Waals surface area (Å²) in [5, 5.41) is 15.9. The average molecular weight is 567 g/mol. The van der Waals surface area contributed by atoms with Gasteiger partial charge in [-0.15, -0.1) is 0 Å². The Morgan fingerprint density at radius 2 is 1.85 bits per heavy atom. The highest BCUT2D eigenvalue weighted by molar-refractivity contribution is 5.99. The van der Waals surface area contributed by atoms with Crippen molar-refractivity contribution >= 4 is 17.6 Å². The summed E-state index contributed by atoms with van der Waals surface area (Å²) in [6, 6.07) is 10.7. The second kappa shape index (κ2) is 13.0. The number of carbonyl (C=O) groups excluding carboxylic acids is 2. The van der Waals surface area contributed by atoms with Crippen molar-refractivity contribution in [2.45, 2.75) is 70.7 Å². The quantitative estimate of drug-likeness (QED) is 0.439. The minimum atomic E-state index is -0.367. The number of amides is 3. The van der Waals surface area contributed by atoms with Crippen LogP contribution in [0.25, 0.3) is 0 Å². The Balaban J connectivity index is 1.32. The summed E-state index contributed by atoms with van der Waals surface area (Å²) in [5.41, 5.74) is 2.00. The lowest BCUT2D eigenvalue weighted by Gasteiger charge is -2.38. The van der Waals surface area contributed by atoms with E-state index in [1.807, 2.05) is 32.2 Å². The molecule has 3 N–H and O–H groups in total. The van der Waals surface area contributed by atoms with Crippen LogP contribution in [0, 0.1) is 5.92 Å². The number of carbonyl (C=O) groups is 2. The first-order valence-corrected chi connectivity index (χ1v) is 14.7. The standard InChI is InChI=1S/C31H42N4O6/c1-20-15-35(21(2)18-36)30(37)25-14-24(33-31(38)32-23-7-5-4-6-8-23)10-12-26(25)41-29(20)17-34(3)16-22-9-11-27-28(13-22)40-19-39-27/h9-14,20-21,23,29,36H,4-8,15-19H2,1-3H3,(H2,32,33,38)/t20-,21-,29-/m1/s1. The third kappa shape index (κ3) is 7.05. The van der Waals surface area contributed by atoms with Crippen molar-refractivity contribution in [3.63, 3.8) is 0 Å². The summed E-state index contributed by atoms with van der Waals surface area (Å²) in [4.78, 5) is 30.3. The number of likely N-dealkylation sites (N-methyl/N-ethyl adjacent to an activating group) is 1. The topological polar surface area (TPSA) is 113 Å². The lowest BCUT2D eigenvalue weighted by molar-refractivity contribution is 0.0341. The van der Waals surface area contributed by atoms with Crippen LogP contribution in [0.4, 0.5) is 10.5 Å². The minimum Gasteiger partial charge on any atom is -0.488 e. The first-order chi connectivity index (χ1) is 19.8. The number of anilines is 1. The highest BCUT2D eigenvalue weighted by atomic mass is 16.7. The molecule has 3 aliphatic rings. The zero-order valence-corrected chi connectivity index (χ0v) is 24.2. The van der Waals surface area contributed by atoms with Crippen LogP contribution >= 0.6 is 0 Å². The number of urea groups is 1. The molecule has 1 aliphatic carbocycles. The maximum atomic E-state index is 13.7. The van der Waals surface area contributed by atoms with Gasteiger partial charge in [-0.1, -0.05) is 32.3 Å². The van der Waals surface area contributed by atoms with Crippen LogP contribution in [-0.4, -0.2) is 78.6 Å². The summed E-state index contributed by atoms with van der Waals surface area (Å²) >= 11 is 0. The van der Waals surface area contributed by atoms with Crippen LogP contribution in [0.15, 0.2) is 36.4 Å². The van der Waals surface area contributed by atoms with Crippen LogP contribution in [0.2, 0.25) is 0 Å². The fourth-order valence-corrected chi connectivity index (χ4v) is 5.84. The van der Waals surface area contributed by atoms with Crippen molar-refractivity contribution in [3.05, 3.63) is 47.5 Å². The lowest BCUT2D eigenvalue weighted by atomic mass is 9.96. The van der Waals surface area contributed by atoms with E-state index in [4.69, 9.17) is 14.2 Å². The molecular formula is C31H42N4O6. The molecular weight excluding hydrogens is 524 g/mol. The van der Waals surface area contributed by atoms with Gasteiger partial charge in [-0.3, -0.25) is 9.69 Å². The molecule has 3 amide bonds. The van der Waals surface area contributed by atoms with Crippen LogP contribution in [0.1, 0.15) is 61.9 Å². The van der Waals surface area contributed by atoms with E-state index in [1.165, 1.54) is 6.42 Å². The van der Waals surface area contributed by atoms with Gasteiger partial charge in [0.05, 0.1) is 18.2 Å². The van der Waals surface area contributed by atoms with Crippen molar-refractivity contribution in [1.29, 1.82) is 0 Å². The molecule has 0 bridgehead atoms. The molecule has 0 unspecified atom stereocenters. The van der Waals surface area contributed by atoms with Crippen molar-refractivity contribution < 1.29 is 28.9 Å². The van der Waals surface area contributed by atoms with Gasteiger partial charge in [-0.2, -0.15) is 0 Å². The van der Waals surface area contributed by atoms with Crippen molar-refractivity contribution in [3.8, 4) is 17.2 Å².